The SMILES string of the molecule is CC(C)n1cnc2c(F)cc(-c3nc(N[C@@H]4CC5(CC5)OCC4O)ncc3Cl)cc21. The highest BCUT2D eigenvalue weighted by Crippen LogP contribution is 2.46. The smallest absolute Gasteiger partial charge is 0.223 e. The van der Waals surface area contributed by atoms with E-state index in [2.05, 4.69) is 20.3 Å². The van der Waals surface area contributed by atoms with Crippen LogP contribution in [0.2, 0.25) is 5.02 Å². The maximum absolute atomic E-state index is 14.7. The Kier molecular flexibility index (Phi) is 4.68. The van der Waals surface area contributed by atoms with Gasteiger partial charge in [-0.3, -0.25) is 0 Å². The van der Waals surface area contributed by atoms with E-state index in [1.165, 1.54) is 12.3 Å². The predicted octanol–water partition coefficient (Wildman–Crippen LogP) is 3.96. The number of nitrogens with zero attached hydrogens (tertiary/aromatic N) is 4. The molecule has 2 aromatic heterocycles. The molecule has 3 aromatic rings. The number of nitrogens with one attached hydrogen (secondary N) is 1. The number of hydrogen-bond donors (Lipinski definition) is 2. The number of hydrogen-bond acceptors (Lipinski definition) is 6. The Bertz CT molecular complexity index is 1110. The van der Waals surface area contributed by atoms with Crippen LogP contribution >= 0.6 is 11.6 Å². The van der Waals surface area contributed by atoms with E-state index in [9.17, 15) is 9.50 Å². The van der Waals surface area contributed by atoms with E-state index in [-0.39, 0.29) is 17.7 Å². The van der Waals surface area contributed by atoms with E-state index < -0.39 is 11.9 Å². The summed E-state index contributed by atoms with van der Waals surface area (Å²) in [4.78, 5) is 13.0. The second-order valence-corrected chi connectivity index (χ2v) is 8.89. The van der Waals surface area contributed by atoms with Crippen LogP contribution in [0.5, 0.6) is 0 Å². The molecule has 0 bridgehead atoms. The van der Waals surface area contributed by atoms with Crippen molar-refractivity contribution < 1.29 is 14.2 Å². The fraction of sp³-hybridized carbons (Fsp3) is 0.476. The number of halogens is 2. The lowest BCUT2D eigenvalue weighted by Gasteiger charge is -2.34. The average Bonchev–Trinajstić information content (AvgIpc) is 3.31. The van der Waals surface area contributed by atoms with E-state index in [1.807, 2.05) is 24.5 Å². The standard InChI is InChI=1S/C21H23ClFN5O2/c1-11(2)28-10-25-19-14(23)5-12(6-16(19)28)18-13(22)8-24-20(27-18)26-15-7-21(3-4-21)30-9-17(15)29/h5-6,8,10-11,15,17,29H,3-4,7,9H2,1-2H3,(H,24,26,27)/t15-,17?/m1/s1. The minimum Gasteiger partial charge on any atom is -0.389 e. The average molecular weight is 432 g/mol. The van der Waals surface area contributed by atoms with Crippen molar-refractivity contribution in [2.45, 2.75) is 56.9 Å². The highest BCUT2D eigenvalue weighted by Gasteiger charge is 2.50. The molecule has 2 N–H and O–H groups in total. The van der Waals surface area contributed by atoms with E-state index in [1.54, 1.807) is 6.33 Å². The van der Waals surface area contributed by atoms with Crippen LogP contribution in [0.3, 0.4) is 0 Å². The number of anilines is 1. The highest BCUT2D eigenvalue weighted by molar-refractivity contribution is 6.33. The minimum absolute atomic E-state index is 0.116. The van der Waals surface area contributed by atoms with Crippen molar-refractivity contribution in [3.63, 3.8) is 0 Å². The largest absolute Gasteiger partial charge is 0.389 e. The van der Waals surface area contributed by atoms with Crippen molar-refractivity contribution in [3.8, 4) is 11.3 Å². The molecule has 2 aliphatic rings. The summed E-state index contributed by atoms with van der Waals surface area (Å²) in [6, 6.07) is 3.15. The van der Waals surface area contributed by atoms with E-state index in [0.29, 0.717) is 46.3 Å². The van der Waals surface area contributed by atoms with Crippen LogP contribution in [-0.4, -0.2) is 49.0 Å². The molecule has 1 spiro atoms. The summed E-state index contributed by atoms with van der Waals surface area (Å²) in [5.74, 6) is -0.0874. The first-order valence-electron chi connectivity index (χ1n) is 10.1. The lowest BCUT2D eigenvalue weighted by molar-refractivity contribution is -0.0763. The van der Waals surface area contributed by atoms with Crippen LogP contribution in [0.25, 0.3) is 22.3 Å². The zero-order valence-electron chi connectivity index (χ0n) is 16.8. The molecule has 9 heteroatoms. The van der Waals surface area contributed by atoms with Crippen molar-refractivity contribution in [1.82, 2.24) is 19.5 Å². The molecule has 1 aliphatic heterocycles. The first-order chi connectivity index (χ1) is 14.3. The number of aliphatic hydroxyl groups is 1. The second kappa shape index (κ2) is 7.14. The van der Waals surface area contributed by atoms with Crippen molar-refractivity contribution >= 4 is 28.6 Å². The molecule has 7 nitrogen and oxygen atoms in total. The molecule has 30 heavy (non-hydrogen) atoms. The molecule has 1 unspecified atom stereocenters. The summed E-state index contributed by atoms with van der Waals surface area (Å²) in [6.45, 7) is 4.31. The topological polar surface area (TPSA) is 85.1 Å². The minimum atomic E-state index is -0.645. The Morgan fingerprint density at radius 2 is 2.13 bits per heavy atom. The van der Waals surface area contributed by atoms with Gasteiger partial charge < -0.3 is 19.7 Å². The third-order valence-electron chi connectivity index (χ3n) is 5.95. The fourth-order valence-electron chi connectivity index (χ4n) is 4.05. The van der Waals surface area contributed by atoms with Gasteiger partial charge in [0.2, 0.25) is 5.95 Å². The summed E-state index contributed by atoms with van der Waals surface area (Å²) in [6.07, 6.45) is 5.20. The molecule has 3 heterocycles. The molecule has 1 aromatic carbocycles. The number of imidazole rings is 1. The Balaban J connectivity index is 1.50. The summed E-state index contributed by atoms with van der Waals surface area (Å²) in [7, 11) is 0. The summed E-state index contributed by atoms with van der Waals surface area (Å²) in [5.41, 5.74) is 1.85. The molecule has 1 aliphatic carbocycles. The van der Waals surface area contributed by atoms with Gasteiger partial charge in [-0.05, 0) is 45.2 Å². The van der Waals surface area contributed by atoms with Gasteiger partial charge in [0.05, 0.1) is 53.1 Å². The summed E-state index contributed by atoms with van der Waals surface area (Å²) < 4.78 is 22.4. The number of benzene rings is 1. The predicted molar refractivity (Wildman–Crippen MR) is 112 cm³/mol. The van der Waals surface area contributed by atoms with Gasteiger partial charge in [0.15, 0.2) is 5.82 Å². The summed E-state index contributed by atoms with van der Waals surface area (Å²) >= 11 is 6.37. The molecule has 2 atom stereocenters. The molecule has 1 saturated heterocycles. The fourth-order valence-corrected chi connectivity index (χ4v) is 4.25. The van der Waals surface area contributed by atoms with Crippen molar-refractivity contribution in [3.05, 3.63) is 35.5 Å². The Hall–Kier alpha value is -2.29. The van der Waals surface area contributed by atoms with Gasteiger partial charge in [0.1, 0.15) is 5.52 Å². The molecule has 2 fully saturated rings. The Morgan fingerprint density at radius 3 is 2.87 bits per heavy atom. The van der Waals surface area contributed by atoms with Crippen LogP contribution in [-0.2, 0) is 4.74 Å². The zero-order chi connectivity index (χ0) is 21.0. The van der Waals surface area contributed by atoms with Crippen LogP contribution in [0.1, 0.15) is 39.2 Å². The highest BCUT2D eigenvalue weighted by atomic mass is 35.5. The maximum Gasteiger partial charge on any atom is 0.223 e. The number of aromatic nitrogens is 4. The zero-order valence-corrected chi connectivity index (χ0v) is 17.5. The van der Waals surface area contributed by atoms with Gasteiger partial charge in [-0.25, -0.2) is 19.3 Å². The molecule has 0 radical (unpaired) electrons. The van der Waals surface area contributed by atoms with Crippen LogP contribution in [0.4, 0.5) is 10.3 Å². The first-order valence-corrected chi connectivity index (χ1v) is 10.5. The molecule has 158 valence electrons. The van der Waals surface area contributed by atoms with Gasteiger partial charge in [-0.1, -0.05) is 11.6 Å². The van der Waals surface area contributed by atoms with Crippen molar-refractivity contribution in [2.24, 2.45) is 0 Å². The number of rotatable bonds is 4. The second-order valence-electron chi connectivity index (χ2n) is 8.48. The first kappa shape index (κ1) is 19.7. The van der Waals surface area contributed by atoms with Gasteiger partial charge in [-0.15, -0.1) is 0 Å². The van der Waals surface area contributed by atoms with E-state index in [4.69, 9.17) is 16.3 Å². The van der Waals surface area contributed by atoms with Crippen LogP contribution < -0.4 is 5.32 Å². The maximum atomic E-state index is 14.7. The van der Waals surface area contributed by atoms with Gasteiger partial charge >= 0.3 is 0 Å². The third kappa shape index (κ3) is 3.42. The summed E-state index contributed by atoms with van der Waals surface area (Å²) in [5, 5.41) is 13.9. The monoisotopic (exact) mass is 431 g/mol. The Morgan fingerprint density at radius 1 is 1.33 bits per heavy atom. The molecule has 0 amide bonds. The van der Waals surface area contributed by atoms with E-state index in [0.717, 1.165) is 12.8 Å². The number of ether oxygens (including phenoxy) is 1. The van der Waals surface area contributed by atoms with E-state index >= 15 is 0 Å². The van der Waals surface area contributed by atoms with Gasteiger partial charge in [0, 0.05) is 11.6 Å². The molecular weight excluding hydrogens is 409 g/mol. The number of aliphatic hydroxyl groups excluding tert-OH is 1. The third-order valence-corrected chi connectivity index (χ3v) is 6.22. The molecule has 5 rings (SSSR count). The van der Waals surface area contributed by atoms with Gasteiger partial charge in [0.25, 0.3) is 0 Å². The van der Waals surface area contributed by atoms with Crippen LogP contribution in [0, 0.1) is 5.82 Å². The molecule has 1 saturated carbocycles. The Labute approximate surface area is 178 Å². The number of fused-ring (bicyclic) bond motifs is 1. The molecular formula is C21H23ClFN5O2. The van der Waals surface area contributed by atoms with Crippen molar-refractivity contribution in [2.75, 3.05) is 11.9 Å². The van der Waals surface area contributed by atoms with Gasteiger partial charge in [-0.2, -0.15) is 0 Å². The lowest BCUT2D eigenvalue weighted by atomic mass is 9.99. The van der Waals surface area contributed by atoms with Crippen molar-refractivity contribution in [1.29, 1.82) is 0 Å². The normalized spacial score (nSPS) is 22.7. The quantitative estimate of drug-likeness (QED) is 0.650. The van der Waals surface area contributed by atoms with Crippen LogP contribution in [0.15, 0.2) is 24.7 Å². The lowest BCUT2D eigenvalue weighted by Crippen LogP contribution is -2.46.